The maximum absolute atomic E-state index is 14.3. The first-order valence-electron chi connectivity index (χ1n) is 13.1. The number of methoxy groups -OCH3 is 2. The van der Waals surface area contributed by atoms with E-state index in [9.17, 15) is 29.4 Å². The fraction of sp³-hybridized carbons (Fsp3) is 0.286. The van der Waals surface area contributed by atoms with Gasteiger partial charge in [0, 0.05) is 25.3 Å². The van der Waals surface area contributed by atoms with Gasteiger partial charge in [-0.2, -0.15) is 0 Å². The molecule has 0 aromatic heterocycles. The third kappa shape index (κ3) is 4.83. The van der Waals surface area contributed by atoms with E-state index in [1.165, 1.54) is 106 Å². The van der Waals surface area contributed by atoms with Gasteiger partial charge in [0.15, 0.2) is 23.0 Å². The highest BCUT2D eigenvalue weighted by molar-refractivity contribution is 9.26. The molecule has 2 amide bonds. The van der Waals surface area contributed by atoms with Gasteiger partial charge in [-0.1, -0.05) is 0 Å². The van der Waals surface area contributed by atoms with Crippen LogP contribution in [0.15, 0.2) is 60.6 Å². The molecule has 5 unspecified atom stereocenters. The highest BCUT2D eigenvalue weighted by atomic mass is 33.7. The van der Waals surface area contributed by atoms with Crippen LogP contribution in [0, 0.1) is 0 Å². The number of aliphatic hydroxyl groups excluding tert-OH is 1. The SMILES string of the molecule is COc1ccc(C(=O)OC2C=COC=C3C2N2C(=O)C4(OC)SSSSC2(C(=O)N4C)C3O)cc1Oc1cc(C=O)ccc1O. The van der Waals surface area contributed by atoms with E-state index in [2.05, 4.69) is 0 Å². The molecule has 2 aromatic rings. The van der Waals surface area contributed by atoms with E-state index in [-0.39, 0.29) is 39.7 Å². The molecule has 236 valence electrons. The van der Waals surface area contributed by atoms with Crippen molar-refractivity contribution in [1.82, 2.24) is 9.80 Å². The Labute approximate surface area is 271 Å². The number of ether oxygens (including phenoxy) is 5. The van der Waals surface area contributed by atoms with E-state index in [0.717, 1.165) is 21.6 Å². The maximum atomic E-state index is 14.3. The summed E-state index contributed by atoms with van der Waals surface area (Å²) in [6.07, 6.45) is 1.79. The summed E-state index contributed by atoms with van der Waals surface area (Å²) < 4.78 is 28.2. The van der Waals surface area contributed by atoms with Crippen LogP contribution in [0.1, 0.15) is 20.7 Å². The number of aromatic hydroxyl groups is 1. The first kappa shape index (κ1) is 31.5. The van der Waals surface area contributed by atoms with Gasteiger partial charge in [-0.3, -0.25) is 19.3 Å². The molecular formula is C28H24N2O11S4. The predicted octanol–water partition coefficient (Wildman–Crippen LogP) is 3.69. The average Bonchev–Trinajstić information content (AvgIpc) is 3.13. The Hall–Kier alpha value is -3.48. The fourth-order valence-corrected chi connectivity index (χ4v) is 12.8. The second-order valence-corrected chi connectivity index (χ2v) is 16.0. The second-order valence-electron chi connectivity index (χ2n) is 9.94. The quantitative estimate of drug-likeness (QED) is 0.245. The summed E-state index contributed by atoms with van der Waals surface area (Å²) in [5.41, 5.74) is 0.422. The van der Waals surface area contributed by atoms with E-state index in [1.807, 2.05) is 0 Å². The van der Waals surface area contributed by atoms with Crippen LogP contribution in [0.5, 0.6) is 23.0 Å². The Morgan fingerprint density at radius 1 is 1.04 bits per heavy atom. The molecule has 2 aromatic carbocycles. The fourth-order valence-electron chi connectivity index (χ4n) is 5.44. The molecular weight excluding hydrogens is 669 g/mol. The van der Waals surface area contributed by atoms with E-state index in [1.54, 1.807) is 0 Å². The van der Waals surface area contributed by atoms with Gasteiger partial charge >= 0.3 is 5.97 Å². The summed E-state index contributed by atoms with van der Waals surface area (Å²) in [4.78, 5) is 53.7. The lowest BCUT2D eigenvalue weighted by atomic mass is 10.0. The van der Waals surface area contributed by atoms with Crippen molar-refractivity contribution < 1.29 is 53.1 Å². The third-order valence-corrected chi connectivity index (χ3v) is 14.8. The Kier molecular flexibility index (Phi) is 8.42. The molecule has 2 bridgehead atoms. The van der Waals surface area contributed by atoms with Crippen molar-refractivity contribution in [1.29, 1.82) is 0 Å². The molecule has 0 radical (unpaired) electrons. The van der Waals surface area contributed by atoms with Gasteiger partial charge in [-0.25, -0.2) is 4.79 Å². The van der Waals surface area contributed by atoms with Crippen molar-refractivity contribution in [2.45, 2.75) is 28.2 Å². The summed E-state index contributed by atoms with van der Waals surface area (Å²) in [6, 6.07) is 7.11. The number of aliphatic hydroxyl groups is 1. The van der Waals surface area contributed by atoms with Crippen LogP contribution >= 0.6 is 41.2 Å². The standard InChI is InChI=1S/C28H24N2O11S4/c1-29-25(35)27-23(33)16-13-39-9-8-19(22(16)30(27)26(36)28(29,38-3)43-45-44-42-27)41-24(34)15-5-7-18(37-2)21(11-15)40-20-10-14(12-31)4-6-17(20)32/h4-13,19,22-23,32-33H,1-3H3. The number of nitrogens with zero attached hydrogens (tertiary/aromatic N) is 2. The van der Waals surface area contributed by atoms with Gasteiger partial charge in [0.05, 0.1) is 25.2 Å². The van der Waals surface area contributed by atoms with Crippen molar-refractivity contribution in [3.8, 4) is 23.0 Å². The normalized spacial score (nSPS) is 28.6. The van der Waals surface area contributed by atoms with Gasteiger partial charge < -0.3 is 38.8 Å². The van der Waals surface area contributed by atoms with Crippen molar-refractivity contribution >= 4 is 65.3 Å². The Balaban J connectivity index is 1.35. The van der Waals surface area contributed by atoms with Crippen molar-refractivity contribution in [3.05, 3.63) is 71.7 Å². The van der Waals surface area contributed by atoms with Crippen LogP contribution in [0.4, 0.5) is 0 Å². The Morgan fingerprint density at radius 3 is 2.56 bits per heavy atom. The number of benzene rings is 2. The van der Waals surface area contributed by atoms with Gasteiger partial charge in [0.2, 0.25) is 4.87 Å². The lowest BCUT2D eigenvalue weighted by molar-refractivity contribution is -0.189. The van der Waals surface area contributed by atoms with Crippen molar-refractivity contribution in [3.63, 3.8) is 0 Å². The highest BCUT2D eigenvalue weighted by Gasteiger charge is 2.74. The van der Waals surface area contributed by atoms with Crippen LogP contribution in [0.2, 0.25) is 0 Å². The van der Waals surface area contributed by atoms with Crippen LogP contribution in [0.25, 0.3) is 0 Å². The van der Waals surface area contributed by atoms with Crippen molar-refractivity contribution in [2.75, 3.05) is 21.3 Å². The number of rotatable bonds is 7. The van der Waals surface area contributed by atoms with E-state index < -0.39 is 46.0 Å². The number of piperazine rings is 1. The minimum absolute atomic E-state index is 0.00996. The zero-order valence-electron chi connectivity index (χ0n) is 23.6. The zero-order chi connectivity index (χ0) is 32.1. The number of likely N-dealkylation sites (N-methyl/N-ethyl adjacent to an activating group) is 1. The first-order chi connectivity index (χ1) is 21.6. The van der Waals surface area contributed by atoms with Crippen LogP contribution in [-0.2, 0) is 23.8 Å². The molecule has 5 aliphatic heterocycles. The molecule has 45 heavy (non-hydrogen) atoms. The molecule has 17 heteroatoms. The van der Waals surface area contributed by atoms with Crippen LogP contribution in [0.3, 0.4) is 0 Å². The summed E-state index contributed by atoms with van der Waals surface area (Å²) in [5, 5.41) is 20.2. The lowest BCUT2D eigenvalue weighted by Gasteiger charge is -2.54. The number of carbonyl (C=O) groups excluding carboxylic acids is 4. The number of phenolic OH excluding ortho intramolecular Hbond substituents is 1. The molecule has 0 saturated carbocycles. The molecule has 2 N–H and O–H groups in total. The molecule has 5 aliphatic rings. The molecule has 5 atom stereocenters. The highest BCUT2D eigenvalue weighted by Crippen LogP contribution is 2.65. The lowest BCUT2D eigenvalue weighted by Crippen LogP contribution is -2.76. The topological polar surface area (TPSA) is 161 Å². The number of aldehydes is 1. The molecule has 5 heterocycles. The number of phenols is 1. The smallest absolute Gasteiger partial charge is 0.338 e. The number of carbonyl (C=O) groups is 4. The van der Waals surface area contributed by atoms with Gasteiger partial charge in [0.25, 0.3) is 16.9 Å². The zero-order valence-corrected chi connectivity index (χ0v) is 26.9. The number of esters is 1. The minimum Gasteiger partial charge on any atom is -0.504 e. The van der Waals surface area contributed by atoms with Crippen LogP contribution in [-0.4, -0.2) is 93.5 Å². The summed E-state index contributed by atoms with van der Waals surface area (Å²) >= 11 is 0. The van der Waals surface area contributed by atoms with E-state index >= 15 is 0 Å². The number of hydrogen-bond acceptors (Lipinski definition) is 15. The monoisotopic (exact) mass is 692 g/mol. The third-order valence-electron chi connectivity index (χ3n) is 7.66. The van der Waals surface area contributed by atoms with E-state index in [0.29, 0.717) is 6.29 Å². The van der Waals surface area contributed by atoms with Crippen molar-refractivity contribution in [2.24, 2.45) is 0 Å². The minimum atomic E-state index is -1.79. The molecule has 13 nitrogen and oxygen atoms in total. The number of hydrogen-bond donors (Lipinski definition) is 2. The largest absolute Gasteiger partial charge is 0.504 e. The van der Waals surface area contributed by atoms with Gasteiger partial charge in [-0.05, 0) is 83.7 Å². The van der Waals surface area contributed by atoms with E-state index in [4.69, 9.17) is 23.7 Å². The van der Waals surface area contributed by atoms with Crippen LogP contribution < -0.4 is 9.47 Å². The van der Waals surface area contributed by atoms with Gasteiger partial charge in [-0.15, -0.1) is 0 Å². The average molecular weight is 693 g/mol. The summed E-state index contributed by atoms with van der Waals surface area (Å²) in [6.45, 7) is 0. The molecule has 1 spiro atoms. The first-order valence-corrected chi connectivity index (χ1v) is 17.9. The summed E-state index contributed by atoms with van der Waals surface area (Å²) in [5.74, 6) is -2.07. The number of fused-ring (bicyclic) bond motifs is 5. The number of amides is 2. The molecule has 4 saturated heterocycles. The molecule has 4 fully saturated rings. The second kappa shape index (κ2) is 12.0. The molecule has 7 rings (SSSR count). The Bertz CT molecular complexity index is 1650. The predicted molar refractivity (Wildman–Crippen MR) is 166 cm³/mol. The molecule has 0 aliphatic carbocycles. The maximum Gasteiger partial charge on any atom is 0.338 e. The van der Waals surface area contributed by atoms with Gasteiger partial charge in [0.1, 0.15) is 24.5 Å². The Morgan fingerprint density at radius 2 is 1.82 bits per heavy atom. The summed E-state index contributed by atoms with van der Waals surface area (Å²) in [7, 11) is 8.66.